The first-order valence-corrected chi connectivity index (χ1v) is 6.19. The van der Waals surface area contributed by atoms with Crippen molar-refractivity contribution in [3.8, 4) is 0 Å². The van der Waals surface area contributed by atoms with E-state index in [4.69, 9.17) is 9.47 Å². The summed E-state index contributed by atoms with van der Waals surface area (Å²) in [6.45, 7) is 3.04. The SMILES string of the molecule is O=C(c1cccnc1)N1CCOC[C@]12CCOC2. The molecule has 2 fully saturated rings. The summed E-state index contributed by atoms with van der Waals surface area (Å²) in [4.78, 5) is 18.4. The number of hydrogen-bond acceptors (Lipinski definition) is 4. The molecule has 0 unspecified atom stereocenters. The van der Waals surface area contributed by atoms with Crippen molar-refractivity contribution in [3.63, 3.8) is 0 Å². The predicted octanol–water partition coefficient (Wildman–Crippen LogP) is 0.713. The molecule has 5 heteroatoms. The summed E-state index contributed by atoms with van der Waals surface area (Å²) in [7, 11) is 0. The number of rotatable bonds is 1. The van der Waals surface area contributed by atoms with Crippen LogP contribution in [0.3, 0.4) is 0 Å². The fourth-order valence-electron chi connectivity index (χ4n) is 2.62. The molecule has 5 nitrogen and oxygen atoms in total. The molecule has 2 saturated heterocycles. The highest BCUT2D eigenvalue weighted by Crippen LogP contribution is 2.30. The van der Waals surface area contributed by atoms with Gasteiger partial charge >= 0.3 is 0 Å². The Kier molecular flexibility index (Phi) is 3.01. The van der Waals surface area contributed by atoms with Crippen LogP contribution >= 0.6 is 0 Å². The number of aromatic nitrogens is 1. The molecule has 1 aromatic rings. The second-order valence-electron chi connectivity index (χ2n) is 4.78. The first-order chi connectivity index (χ1) is 8.82. The smallest absolute Gasteiger partial charge is 0.256 e. The van der Waals surface area contributed by atoms with E-state index < -0.39 is 0 Å². The van der Waals surface area contributed by atoms with Crippen LogP contribution < -0.4 is 0 Å². The van der Waals surface area contributed by atoms with Crippen molar-refractivity contribution in [1.29, 1.82) is 0 Å². The van der Waals surface area contributed by atoms with E-state index in [1.807, 2.05) is 4.90 Å². The first kappa shape index (κ1) is 11.6. The molecule has 2 aliphatic heterocycles. The molecule has 0 saturated carbocycles. The van der Waals surface area contributed by atoms with Crippen molar-refractivity contribution in [1.82, 2.24) is 9.88 Å². The number of carbonyl (C=O) groups is 1. The Morgan fingerprint density at radius 2 is 2.17 bits per heavy atom. The molecule has 0 N–H and O–H groups in total. The van der Waals surface area contributed by atoms with Gasteiger partial charge in [0.2, 0.25) is 0 Å². The minimum atomic E-state index is -0.273. The number of ether oxygens (including phenoxy) is 2. The van der Waals surface area contributed by atoms with Gasteiger partial charge in [0, 0.05) is 25.5 Å². The van der Waals surface area contributed by atoms with Gasteiger partial charge in [0.15, 0.2) is 0 Å². The van der Waals surface area contributed by atoms with Gasteiger partial charge in [0.05, 0.1) is 30.9 Å². The van der Waals surface area contributed by atoms with Crippen LogP contribution in [0.4, 0.5) is 0 Å². The highest BCUT2D eigenvalue weighted by molar-refractivity contribution is 5.94. The minimum absolute atomic E-state index is 0.0249. The number of morpholine rings is 1. The monoisotopic (exact) mass is 248 g/mol. The topological polar surface area (TPSA) is 51.7 Å². The fraction of sp³-hybridized carbons (Fsp3) is 0.538. The van der Waals surface area contributed by atoms with E-state index in [0.717, 1.165) is 6.42 Å². The van der Waals surface area contributed by atoms with Crippen molar-refractivity contribution < 1.29 is 14.3 Å². The summed E-state index contributed by atoms with van der Waals surface area (Å²) in [5.41, 5.74) is 0.358. The molecule has 1 aromatic heterocycles. The van der Waals surface area contributed by atoms with Crippen LogP contribution in [-0.4, -0.2) is 54.3 Å². The van der Waals surface area contributed by atoms with Crippen LogP contribution in [0.25, 0.3) is 0 Å². The lowest BCUT2D eigenvalue weighted by Crippen LogP contribution is -2.59. The van der Waals surface area contributed by atoms with E-state index in [-0.39, 0.29) is 11.4 Å². The minimum Gasteiger partial charge on any atom is -0.379 e. The zero-order valence-corrected chi connectivity index (χ0v) is 10.2. The summed E-state index contributed by atoms with van der Waals surface area (Å²) < 4.78 is 11.0. The number of nitrogens with zero attached hydrogens (tertiary/aromatic N) is 2. The summed E-state index contributed by atoms with van der Waals surface area (Å²) >= 11 is 0. The Bertz CT molecular complexity index is 429. The van der Waals surface area contributed by atoms with Crippen molar-refractivity contribution in [2.75, 3.05) is 33.0 Å². The highest BCUT2D eigenvalue weighted by atomic mass is 16.5. The molecule has 3 heterocycles. The van der Waals surface area contributed by atoms with Gasteiger partial charge in [-0.05, 0) is 18.6 Å². The predicted molar refractivity (Wildman–Crippen MR) is 64.3 cm³/mol. The summed E-state index contributed by atoms with van der Waals surface area (Å²) in [5.74, 6) is 0.0249. The van der Waals surface area contributed by atoms with Crippen LogP contribution in [0.1, 0.15) is 16.8 Å². The molecule has 0 aliphatic carbocycles. The molecular formula is C13H16N2O3. The molecule has 2 aliphatic rings. The van der Waals surface area contributed by atoms with Gasteiger partial charge in [-0.3, -0.25) is 9.78 Å². The second kappa shape index (κ2) is 4.66. The lowest BCUT2D eigenvalue weighted by atomic mass is 9.95. The third-order valence-corrected chi connectivity index (χ3v) is 3.64. The third-order valence-electron chi connectivity index (χ3n) is 3.64. The molecule has 3 rings (SSSR count). The van der Waals surface area contributed by atoms with E-state index in [0.29, 0.717) is 38.5 Å². The van der Waals surface area contributed by atoms with Crippen LogP contribution in [0.2, 0.25) is 0 Å². The van der Waals surface area contributed by atoms with Crippen molar-refractivity contribution in [2.24, 2.45) is 0 Å². The van der Waals surface area contributed by atoms with Crippen molar-refractivity contribution in [2.45, 2.75) is 12.0 Å². The maximum atomic E-state index is 12.5. The molecule has 96 valence electrons. The third kappa shape index (κ3) is 1.89. The number of carbonyl (C=O) groups excluding carboxylic acids is 1. The fourth-order valence-corrected chi connectivity index (χ4v) is 2.62. The van der Waals surface area contributed by atoms with E-state index in [2.05, 4.69) is 4.98 Å². The van der Waals surface area contributed by atoms with Gasteiger partial charge < -0.3 is 14.4 Å². The van der Waals surface area contributed by atoms with Gasteiger partial charge in [-0.15, -0.1) is 0 Å². The Balaban J connectivity index is 1.87. The standard InChI is InChI=1S/C13H16N2O3/c16-12(11-2-1-4-14-8-11)15-5-7-18-10-13(15)3-6-17-9-13/h1-2,4,8H,3,5-7,9-10H2/t13-/m1/s1. The van der Waals surface area contributed by atoms with Gasteiger partial charge in [0.1, 0.15) is 0 Å². The van der Waals surface area contributed by atoms with E-state index in [1.54, 1.807) is 24.5 Å². The number of hydrogen-bond donors (Lipinski definition) is 0. The molecule has 18 heavy (non-hydrogen) atoms. The highest BCUT2D eigenvalue weighted by Gasteiger charge is 2.45. The molecule has 0 bridgehead atoms. The molecule has 1 atom stereocenters. The molecular weight excluding hydrogens is 232 g/mol. The Labute approximate surface area is 106 Å². The normalized spacial score (nSPS) is 27.7. The zero-order valence-electron chi connectivity index (χ0n) is 10.2. The van der Waals surface area contributed by atoms with Crippen molar-refractivity contribution in [3.05, 3.63) is 30.1 Å². The van der Waals surface area contributed by atoms with Crippen LogP contribution in [-0.2, 0) is 9.47 Å². The summed E-state index contributed by atoms with van der Waals surface area (Å²) in [6.07, 6.45) is 4.13. The summed E-state index contributed by atoms with van der Waals surface area (Å²) in [5, 5.41) is 0. The molecule has 1 spiro atoms. The number of amides is 1. The van der Waals surface area contributed by atoms with E-state index in [1.165, 1.54) is 0 Å². The Morgan fingerprint density at radius 1 is 1.33 bits per heavy atom. The van der Waals surface area contributed by atoms with Gasteiger partial charge in [-0.1, -0.05) is 0 Å². The van der Waals surface area contributed by atoms with E-state index in [9.17, 15) is 4.79 Å². The van der Waals surface area contributed by atoms with Gasteiger partial charge in [-0.2, -0.15) is 0 Å². The molecule has 1 amide bonds. The van der Waals surface area contributed by atoms with Crippen molar-refractivity contribution >= 4 is 5.91 Å². The largest absolute Gasteiger partial charge is 0.379 e. The average Bonchev–Trinajstić information content (AvgIpc) is 2.88. The average molecular weight is 248 g/mol. The lowest BCUT2D eigenvalue weighted by Gasteiger charge is -2.43. The molecule has 0 aromatic carbocycles. The first-order valence-electron chi connectivity index (χ1n) is 6.19. The lowest BCUT2D eigenvalue weighted by molar-refractivity contribution is -0.0551. The zero-order chi connectivity index (χ0) is 12.4. The second-order valence-corrected chi connectivity index (χ2v) is 4.78. The van der Waals surface area contributed by atoms with Crippen LogP contribution in [0.5, 0.6) is 0 Å². The van der Waals surface area contributed by atoms with Gasteiger partial charge in [-0.25, -0.2) is 0 Å². The van der Waals surface area contributed by atoms with Crippen LogP contribution in [0, 0.1) is 0 Å². The van der Waals surface area contributed by atoms with E-state index >= 15 is 0 Å². The Morgan fingerprint density at radius 3 is 2.89 bits per heavy atom. The molecule has 0 radical (unpaired) electrons. The van der Waals surface area contributed by atoms with Gasteiger partial charge in [0.25, 0.3) is 5.91 Å². The maximum Gasteiger partial charge on any atom is 0.256 e. The van der Waals surface area contributed by atoms with Crippen LogP contribution in [0.15, 0.2) is 24.5 Å². The Hall–Kier alpha value is -1.46. The number of pyridine rings is 1. The summed E-state index contributed by atoms with van der Waals surface area (Å²) in [6, 6.07) is 3.58. The quantitative estimate of drug-likeness (QED) is 0.734. The maximum absolute atomic E-state index is 12.5.